The van der Waals surface area contributed by atoms with Crippen molar-refractivity contribution in [1.82, 2.24) is 0 Å². The number of thioether (sulfide) groups is 1. The molecule has 1 aromatic carbocycles. The van der Waals surface area contributed by atoms with Gasteiger partial charge in [-0.3, -0.25) is 0 Å². The number of aromatic hydroxyl groups is 1. The van der Waals surface area contributed by atoms with Crippen molar-refractivity contribution in [2.75, 3.05) is 13.4 Å². The lowest BCUT2D eigenvalue weighted by Gasteiger charge is -2.22. The second-order valence-corrected chi connectivity index (χ2v) is 5.66. The number of hydrogen-bond donors (Lipinski definition) is 1. The summed E-state index contributed by atoms with van der Waals surface area (Å²) < 4.78 is 4.71. The van der Waals surface area contributed by atoms with Crippen LogP contribution in [0, 0.1) is 0 Å². The van der Waals surface area contributed by atoms with Gasteiger partial charge < -0.3 is 9.84 Å². The summed E-state index contributed by atoms with van der Waals surface area (Å²) in [4.78, 5) is 12.3. The summed E-state index contributed by atoms with van der Waals surface area (Å²) in [6, 6.07) is 3.35. The van der Waals surface area contributed by atoms with Gasteiger partial charge in [0.2, 0.25) is 0 Å². The van der Waals surface area contributed by atoms with Crippen LogP contribution >= 0.6 is 11.8 Å². The smallest absolute Gasteiger partial charge is 0.337 e. The number of ether oxygens (including phenoxy) is 1. The van der Waals surface area contributed by atoms with Crippen LogP contribution in [0.25, 0.3) is 0 Å². The Morgan fingerprint density at radius 1 is 1.35 bits per heavy atom. The van der Waals surface area contributed by atoms with Crippen molar-refractivity contribution in [1.29, 1.82) is 0 Å². The van der Waals surface area contributed by atoms with E-state index in [4.69, 9.17) is 4.74 Å². The van der Waals surface area contributed by atoms with Gasteiger partial charge in [-0.25, -0.2) is 4.79 Å². The van der Waals surface area contributed by atoms with Crippen molar-refractivity contribution >= 4 is 17.7 Å². The number of esters is 1. The highest BCUT2D eigenvalue weighted by molar-refractivity contribution is 7.98. The van der Waals surface area contributed by atoms with E-state index >= 15 is 0 Å². The second-order valence-electron chi connectivity index (χ2n) is 4.82. The van der Waals surface area contributed by atoms with Crippen molar-refractivity contribution in [2.24, 2.45) is 0 Å². The highest BCUT2D eigenvalue weighted by Gasteiger charge is 2.23. The Morgan fingerprint density at radius 2 is 1.94 bits per heavy atom. The molecule has 17 heavy (non-hydrogen) atoms. The molecule has 0 saturated heterocycles. The van der Waals surface area contributed by atoms with Crippen molar-refractivity contribution in [3.8, 4) is 5.75 Å². The number of carbonyl (C=O) groups excluding carboxylic acids is 1. The second kappa shape index (κ2) is 5.00. The molecule has 0 atom stereocenters. The molecule has 0 radical (unpaired) electrons. The third-order valence-electron chi connectivity index (χ3n) is 2.52. The molecule has 0 bridgehead atoms. The minimum Gasteiger partial charge on any atom is -0.506 e. The van der Waals surface area contributed by atoms with Gasteiger partial charge in [0.05, 0.1) is 12.7 Å². The molecule has 1 rings (SSSR count). The summed E-state index contributed by atoms with van der Waals surface area (Å²) in [5.74, 6) is -0.136. The average molecular weight is 254 g/mol. The molecule has 0 fully saturated rings. The van der Waals surface area contributed by atoms with E-state index in [1.54, 1.807) is 12.1 Å². The number of methoxy groups -OCH3 is 1. The number of benzene rings is 1. The van der Waals surface area contributed by atoms with E-state index < -0.39 is 0 Å². The van der Waals surface area contributed by atoms with Gasteiger partial charge in [-0.15, -0.1) is 11.8 Å². The van der Waals surface area contributed by atoms with Gasteiger partial charge in [0, 0.05) is 10.5 Å². The lowest BCUT2D eigenvalue weighted by Crippen LogP contribution is -2.13. The number of carbonyl (C=O) groups is 1. The third kappa shape index (κ3) is 2.94. The maximum Gasteiger partial charge on any atom is 0.337 e. The first kappa shape index (κ1) is 13.9. The maximum atomic E-state index is 11.6. The van der Waals surface area contributed by atoms with Crippen LogP contribution in [0.5, 0.6) is 5.75 Å². The number of hydrogen-bond acceptors (Lipinski definition) is 4. The fourth-order valence-corrected chi connectivity index (χ4v) is 2.12. The predicted molar refractivity (Wildman–Crippen MR) is 69.9 cm³/mol. The van der Waals surface area contributed by atoms with Crippen molar-refractivity contribution < 1.29 is 14.6 Å². The number of rotatable bonds is 2. The average Bonchev–Trinajstić information content (AvgIpc) is 2.26. The fourth-order valence-electron chi connectivity index (χ4n) is 1.57. The van der Waals surface area contributed by atoms with E-state index in [0.29, 0.717) is 10.5 Å². The molecule has 0 unspecified atom stereocenters. The molecule has 0 aromatic heterocycles. The minimum absolute atomic E-state index is 0.224. The van der Waals surface area contributed by atoms with Crippen LogP contribution in [0.4, 0.5) is 0 Å². The van der Waals surface area contributed by atoms with Crippen molar-refractivity contribution in [3.63, 3.8) is 0 Å². The maximum absolute atomic E-state index is 11.6. The standard InChI is InChI=1S/C13H18O3S/c1-13(2,3)9-6-8(12(15)16-4)7-10(17-5)11(9)14/h6-7,14H,1-5H3. The Labute approximate surface area is 106 Å². The highest BCUT2D eigenvalue weighted by Crippen LogP contribution is 2.38. The lowest BCUT2D eigenvalue weighted by molar-refractivity contribution is 0.0600. The third-order valence-corrected chi connectivity index (χ3v) is 3.27. The number of phenols is 1. The Balaban J connectivity index is 3.44. The Kier molecular flexibility index (Phi) is 4.09. The summed E-state index contributed by atoms with van der Waals surface area (Å²) in [6.45, 7) is 5.98. The predicted octanol–water partition coefficient (Wildman–Crippen LogP) is 3.20. The van der Waals surface area contributed by atoms with Crippen LogP contribution in [0.1, 0.15) is 36.7 Å². The minimum atomic E-state index is -0.384. The lowest BCUT2D eigenvalue weighted by atomic mass is 9.85. The van der Waals surface area contributed by atoms with E-state index in [1.165, 1.54) is 18.9 Å². The highest BCUT2D eigenvalue weighted by atomic mass is 32.2. The van der Waals surface area contributed by atoms with E-state index in [2.05, 4.69) is 0 Å². The first-order chi connectivity index (χ1) is 7.81. The van der Waals surface area contributed by atoms with E-state index in [0.717, 1.165) is 5.56 Å². The molecular weight excluding hydrogens is 236 g/mol. The molecule has 3 nitrogen and oxygen atoms in total. The van der Waals surface area contributed by atoms with Crippen LogP contribution in [0.2, 0.25) is 0 Å². The zero-order valence-corrected chi connectivity index (χ0v) is 11.6. The molecule has 1 aromatic rings. The first-order valence-electron chi connectivity index (χ1n) is 5.31. The topological polar surface area (TPSA) is 46.5 Å². The Bertz CT molecular complexity index is 433. The van der Waals surface area contributed by atoms with Crippen LogP contribution in [0.15, 0.2) is 17.0 Å². The summed E-state index contributed by atoms with van der Waals surface area (Å²) in [5, 5.41) is 10.1. The molecule has 0 aliphatic rings. The van der Waals surface area contributed by atoms with Crippen LogP contribution < -0.4 is 0 Å². The van der Waals surface area contributed by atoms with Gasteiger partial charge in [-0.2, -0.15) is 0 Å². The summed E-state index contributed by atoms with van der Waals surface area (Å²) in [5.41, 5.74) is 1.00. The molecule has 0 amide bonds. The monoisotopic (exact) mass is 254 g/mol. The Morgan fingerprint density at radius 3 is 2.35 bits per heavy atom. The molecule has 0 aliphatic carbocycles. The van der Waals surface area contributed by atoms with E-state index in [1.807, 2.05) is 27.0 Å². The van der Waals surface area contributed by atoms with Crippen molar-refractivity contribution in [2.45, 2.75) is 31.1 Å². The molecule has 0 saturated carbocycles. The van der Waals surface area contributed by atoms with Crippen molar-refractivity contribution in [3.05, 3.63) is 23.3 Å². The van der Waals surface area contributed by atoms with Gasteiger partial charge in [0.1, 0.15) is 5.75 Å². The summed E-state index contributed by atoms with van der Waals surface area (Å²) in [7, 11) is 1.35. The quantitative estimate of drug-likeness (QED) is 0.650. The zero-order chi connectivity index (χ0) is 13.2. The summed E-state index contributed by atoms with van der Waals surface area (Å²) in [6.07, 6.45) is 1.86. The van der Waals surface area contributed by atoms with Crippen LogP contribution in [0.3, 0.4) is 0 Å². The SMILES string of the molecule is COC(=O)c1cc(SC)c(O)c(C(C)(C)C)c1. The van der Waals surface area contributed by atoms with Gasteiger partial charge in [-0.1, -0.05) is 20.8 Å². The normalized spacial score (nSPS) is 11.4. The molecular formula is C13H18O3S. The van der Waals surface area contributed by atoms with E-state index in [9.17, 15) is 9.90 Å². The van der Waals surface area contributed by atoms with E-state index in [-0.39, 0.29) is 17.1 Å². The van der Waals surface area contributed by atoms with Gasteiger partial charge in [-0.05, 0) is 23.8 Å². The summed E-state index contributed by atoms with van der Waals surface area (Å²) >= 11 is 1.41. The largest absolute Gasteiger partial charge is 0.506 e. The Hall–Kier alpha value is -1.16. The fraction of sp³-hybridized carbons (Fsp3) is 0.462. The number of phenolic OH excluding ortho intramolecular Hbond substituents is 1. The molecule has 0 aliphatic heterocycles. The van der Waals surface area contributed by atoms with Gasteiger partial charge in [0.25, 0.3) is 0 Å². The molecule has 4 heteroatoms. The molecule has 1 N–H and O–H groups in total. The molecule has 0 spiro atoms. The first-order valence-corrected chi connectivity index (χ1v) is 6.53. The molecule has 0 heterocycles. The molecule has 94 valence electrons. The van der Waals surface area contributed by atoms with Gasteiger partial charge >= 0.3 is 5.97 Å². The van der Waals surface area contributed by atoms with Crippen LogP contribution in [-0.2, 0) is 10.2 Å². The van der Waals surface area contributed by atoms with Gasteiger partial charge in [0.15, 0.2) is 0 Å². The zero-order valence-electron chi connectivity index (χ0n) is 10.8. The van der Waals surface area contributed by atoms with Crippen LogP contribution in [-0.4, -0.2) is 24.4 Å².